The van der Waals surface area contributed by atoms with Gasteiger partial charge in [-0.25, -0.2) is 9.59 Å². The van der Waals surface area contributed by atoms with E-state index in [-0.39, 0.29) is 12.1 Å². The second-order valence-corrected chi connectivity index (χ2v) is 7.18. The maximum absolute atomic E-state index is 12.1. The van der Waals surface area contributed by atoms with Gasteiger partial charge in [0.1, 0.15) is 5.60 Å². The van der Waals surface area contributed by atoms with Crippen molar-refractivity contribution in [1.29, 1.82) is 0 Å². The summed E-state index contributed by atoms with van der Waals surface area (Å²) in [5.41, 5.74) is -0.453. The second kappa shape index (κ2) is 8.96. The van der Waals surface area contributed by atoms with Crippen LogP contribution in [-0.4, -0.2) is 73.8 Å². The van der Waals surface area contributed by atoms with Crippen LogP contribution < -0.4 is 10.6 Å². The van der Waals surface area contributed by atoms with Crippen LogP contribution >= 0.6 is 0 Å². The highest BCUT2D eigenvalue weighted by Crippen LogP contribution is 2.15. The van der Waals surface area contributed by atoms with Gasteiger partial charge in [0.25, 0.3) is 0 Å². The topological polar surface area (TPSA) is 73.9 Å². The zero-order chi connectivity index (χ0) is 17.5. The van der Waals surface area contributed by atoms with E-state index >= 15 is 0 Å². The molecule has 0 bridgehead atoms. The molecule has 1 aliphatic heterocycles. The van der Waals surface area contributed by atoms with E-state index in [0.717, 1.165) is 32.4 Å². The van der Waals surface area contributed by atoms with E-state index in [9.17, 15) is 9.59 Å². The first-order valence-corrected chi connectivity index (χ1v) is 8.35. The number of ether oxygens (including phenoxy) is 1. The predicted molar refractivity (Wildman–Crippen MR) is 90.5 cm³/mol. The van der Waals surface area contributed by atoms with E-state index < -0.39 is 5.60 Å². The Bertz CT molecular complexity index is 393. The van der Waals surface area contributed by atoms with Crippen LogP contribution in [0, 0.1) is 0 Å². The van der Waals surface area contributed by atoms with Gasteiger partial charge in [-0.05, 0) is 40.0 Å². The van der Waals surface area contributed by atoms with Crippen molar-refractivity contribution < 1.29 is 14.3 Å². The summed E-state index contributed by atoms with van der Waals surface area (Å²) in [5.74, 6) is 0. The lowest BCUT2D eigenvalue weighted by Crippen LogP contribution is -2.41. The largest absolute Gasteiger partial charge is 0.444 e. The molecule has 23 heavy (non-hydrogen) atoms. The number of hydrogen-bond acceptors (Lipinski definition) is 4. The van der Waals surface area contributed by atoms with E-state index in [1.807, 2.05) is 20.8 Å². The molecular formula is C16H32N4O3. The summed E-state index contributed by atoms with van der Waals surface area (Å²) in [6, 6.07) is 0.294. The Balaban J connectivity index is 2.27. The molecule has 1 aliphatic rings. The molecule has 0 radical (unpaired) electrons. The van der Waals surface area contributed by atoms with Crippen LogP contribution in [0.2, 0.25) is 0 Å². The van der Waals surface area contributed by atoms with Crippen molar-refractivity contribution in [2.24, 2.45) is 0 Å². The summed E-state index contributed by atoms with van der Waals surface area (Å²) in [7, 11) is 3.44. The molecule has 3 amide bonds. The van der Waals surface area contributed by atoms with Crippen molar-refractivity contribution in [1.82, 2.24) is 20.4 Å². The minimum absolute atomic E-state index is 0.0798. The maximum Gasteiger partial charge on any atom is 0.410 e. The van der Waals surface area contributed by atoms with Crippen molar-refractivity contribution in [2.45, 2.75) is 51.7 Å². The Hall–Kier alpha value is -1.50. The molecule has 0 aliphatic carbocycles. The maximum atomic E-state index is 12.1. The lowest BCUT2D eigenvalue weighted by atomic mass is 10.1. The molecule has 0 aromatic heterocycles. The van der Waals surface area contributed by atoms with E-state index in [1.165, 1.54) is 4.90 Å². The van der Waals surface area contributed by atoms with Crippen molar-refractivity contribution in [3.05, 3.63) is 0 Å². The highest BCUT2D eigenvalue weighted by Gasteiger charge is 2.24. The molecule has 2 N–H and O–H groups in total. The van der Waals surface area contributed by atoms with E-state index in [4.69, 9.17) is 4.74 Å². The van der Waals surface area contributed by atoms with Crippen molar-refractivity contribution in [3.8, 4) is 0 Å². The first-order chi connectivity index (χ1) is 10.7. The van der Waals surface area contributed by atoms with Crippen LogP contribution in [0.5, 0.6) is 0 Å². The SMILES string of the molecule is CN(C)C(=O)NCCNC1CCCN(C(=O)OC(C)(C)C)CC1. The molecule has 7 heteroatoms. The normalized spacial score (nSPS) is 19.0. The quantitative estimate of drug-likeness (QED) is 0.770. The van der Waals surface area contributed by atoms with Crippen molar-refractivity contribution in [3.63, 3.8) is 0 Å². The number of hydrogen-bond donors (Lipinski definition) is 2. The minimum atomic E-state index is -0.453. The molecule has 0 saturated carbocycles. The highest BCUT2D eigenvalue weighted by molar-refractivity contribution is 5.73. The van der Waals surface area contributed by atoms with Gasteiger partial charge in [-0.15, -0.1) is 0 Å². The third-order valence-corrected chi connectivity index (χ3v) is 3.62. The number of nitrogens with one attached hydrogen (secondary N) is 2. The predicted octanol–water partition coefficient (Wildman–Crippen LogP) is 1.64. The van der Waals surface area contributed by atoms with Gasteiger partial charge in [0.15, 0.2) is 0 Å². The molecule has 0 aromatic rings. The van der Waals surface area contributed by atoms with Gasteiger partial charge in [-0.3, -0.25) is 0 Å². The molecule has 0 spiro atoms. The first-order valence-electron chi connectivity index (χ1n) is 8.35. The molecule has 1 atom stereocenters. The molecule has 1 fully saturated rings. The van der Waals surface area contributed by atoms with Gasteiger partial charge in [-0.1, -0.05) is 0 Å². The monoisotopic (exact) mass is 328 g/mol. The lowest BCUT2D eigenvalue weighted by Gasteiger charge is -2.26. The molecule has 7 nitrogen and oxygen atoms in total. The Morgan fingerprint density at radius 1 is 1.17 bits per heavy atom. The molecule has 1 rings (SSSR count). The van der Waals surface area contributed by atoms with Crippen LogP contribution in [0.15, 0.2) is 0 Å². The van der Waals surface area contributed by atoms with Crippen LogP contribution in [0.1, 0.15) is 40.0 Å². The molecular weight excluding hydrogens is 296 g/mol. The summed E-state index contributed by atoms with van der Waals surface area (Å²) in [4.78, 5) is 26.8. The van der Waals surface area contributed by atoms with Crippen molar-refractivity contribution in [2.75, 3.05) is 40.3 Å². The Morgan fingerprint density at radius 3 is 2.48 bits per heavy atom. The number of likely N-dealkylation sites (tertiary alicyclic amines) is 1. The molecule has 134 valence electrons. The fraction of sp³-hybridized carbons (Fsp3) is 0.875. The van der Waals surface area contributed by atoms with E-state index in [0.29, 0.717) is 19.1 Å². The van der Waals surface area contributed by atoms with Gasteiger partial charge in [0.2, 0.25) is 0 Å². The number of amides is 3. The smallest absolute Gasteiger partial charge is 0.410 e. The first kappa shape index (κ1) is 19.5. The average Bonchev–Trinajstić information content (AvgIpc) is 2.67. The number of rotatable bonds is 4. The fourth-order valence-electron chi connectivity index (χ4n) is 2.41. The number of nitrogens with zero attached hydrogens (tertiary/aromatic N) is 2. The van der Waals surface area contributed by atoms with Gasteiger partial charge in [-0.2, -0.15) is 0 Å². The molecule has 1 saturated heterocycles. The third-order valence-electron chi connectivity index (χ3n) is 3.62. The Kier molecular flexibility index (Phi) is 7.61. The fourth-order valence-corrected chi connectivity index (χ4v) is 2.41. The third kappa shape index (κ3) is 8.06. The lowest BCUT2D eigenvalue weighted by molar-refractivity contribution is 0.0256. The molecule has 0 aromatic carbocycles. The Morgan fingerprint density at radius 2 is 1.87 bits per heavy atom. The number of urea groups is 1. The van der Waals surface area contributed by atoms with Gasteiger partial charge < -0.3 is 25.2 Å². The van der Waals surface area contributed by atoms with Crippen LogP contribution in [-0.2, 0) is 4.74 Å². The zero-order valence-corrected chi connectivity index (χ0v) is 15.1. The number of carbonyl (C=O) groups excluding carboxylic acids is 2. The standard InChI is InChI=1S/C16H32N4O3/c1-16(2,3)23-15(22)20-11-6-7-13(8-12-20)17-9-10-18-14(21)19(4)5/h13,17H,6-12H2,1-5H3,(H,18,21). The van der Waals surface area contributed by atoms with Gasteiger partial charge in [0.05, 0.1) is 0 Å². The van der Waals surface area contributed by atoms with Crippen LogP contribution in [0.25, 0.3) is 0 Å². The zero-order valence-electron chi connectivity index (χ0n) is 15.1. The summed E-state index contributed by atoms with van der Waals surface area (Å²) < 4.78 is 5.43. The van der Waals surface area contributed by atoms with Crippen LogP contribution in [0.3, 0.4) is 0 Å². The van der Waals surface area contributed by atoms with Crippen LogP contribution in [0.4, 0.5) is 9.59 Å². The number of carbonyl (C=O) groups is 2. The second-order valence-electron chi connectivity index (χ2n) is 7.18. The summed E-state index contributed by atoms with van der Waals surface area (Å²) in [6.07, 6.45) is 2.67. The summed E-state index contributed by atoms with van der Waals surface area (Å²) >= 11 is 0. The Labute approximate surface area is 139 Å². The minimum Gasteiger partial charge on any atom is -0.444 e. The summed E-state index contributed by atoms with van der Waals surface area (Å²) in [6.45, 7) is 8.43. The van der Waals surface area contributed by atoms with Gasteiger partial charge in [0, 0.05) is 46.3 Å². The van der Waals surface area contributed by atoms with Crippen molar-refractivity contribution >= 4 is 12.1 Å². The molecule has 1 unspecified atom stereocenters. The van der Waals surface area contributed by atoms with E-state index in [1.54, 1.807) is 19.0 Å². The average molecular weight is 328 g/mol. The van der Waals surface area contributed by atoms with Gasteiger partial charge >= 0.3 is 12.1 Å². The highest BCUT2D eigenvalue weighted by atomic mass is 16.6. The molecule has 1 heterocycles. The van der Waals surface area contributed by atoms with E-state index in [2.05, 4.69) is 10.6 Å². The summed E-state index contributed by atoms with van der Waals surface area (Å²) in [5, 5.41) is 6.28.